The lowest BCUT2D eigenvalue weighted by Crippen LogP contribution is -2.29. The summed E-state index contributed by atoms with van der Waals surface area (Å²) in [4.78, 5) is 14.4. The molecule has 1 fully saturated rings. The zero-order valence-electron chi connectivity index (χ0n) is 11.4. The molecule has 3 rings (SSSR count). The van der Waals surface area contributed by atoms with Crippen LogP contribution in [0.15, 0.2) is 10.9 Å². The molecule has 0 aromatic carbocycles. The van der Waals surface area contributed by atoms with E-state index >= 15 is 0 Å². The zero-order chi connectivity index (χ0) is 13.1. The first kappa shape index (κ1) is 12.7. The number of nitrogens with zero attached hydrogens (tertiary/aromatic N) is 3. The number of likely N-dealkylation sites (tertiary alicyclic amines) is 1. The van der Waals surface area contributed by atoms with Crippen LogP contribution in [0, 0.1) is 0 Å². The van der Waals surface area contributed by atoms with Gasteiger partial charge in [-0.25, -0.2) is 4.68 Å². The van der Waals surface area contributed by atoms with Crippen molar-refractivity contribution in [2.75, 3.05) is 31.5 Å². The van der Waals surface area contributed by atoms with Crippen molar-refractivity contribution in [3.05, 3.63) is 22.1 Å². The van der Waals surface area contributed by atoms with E-state index in [9.17, 15) is 4.79 Å². The highest BCUT2D eigenvalue weighted by molar-refractivity contribution is 5.48. The Labute approximate surface area is 113 Å². The molecule has 1 aromatic heterocycles. The first-order valence-corrected chi connectivity index (χ1v) is 7.40. The van der Waals surface area contributed by atoms with E-state index in [1.807, 2.05) is 0 Å². The van der Waals surface area contributed by atoms with Crippen LogP contribution in [0.3, 0.4) is 0 Å². The molecule has 1 aromatic rings. The first-order chi connectivity index (χ1) is 9.33. The van der Waals surface area contributed by atoms with E-state index in [4.69, 9.17) is 0 Å². The summed E-state index contributed by atoms with van der Waals surface area (Å²) in [7, 11) is 0. The number of hydrogen-bond acceptors (Lipinski definition) is 4. The van der Waals surface area contributed by atoms with Gasteiger partial charge in [-0.15, -0.1) is 0 Å². The minimum absolute atomic E-state index is 0.0228. The van der Waals surface area contributed by atoms with E-state index in [-0.39, 0.29) is 5.56 Å². The highest BCUT2D eigenvalue weighted by Gasteiger charge is 2.14. The lowest BCUT2D eigenvalue weighted by Gasteiger charge is -2.18. The predicted octanol–water partition coefficient (Wildman–Crippen LogP) is 1.09. The molecule has 0 radical (unpaired) electrons. The molecule has 1 saturated heterocycles. The molecule has 0 spiro atoms. The van der Waals surface area contributed by atoms with Gasteiger partial charge in [0.1, 0.15) is 0 Å². The van der Waals surface area contributed by atoms with Gasteiger partial charge in [-0.1, -0.05) is 0 Å². The average Bonchev–Trinajstić information content (AvgIpc) is 2.92. The van der Waals surface area contributed by atoms with Crippen molar-refractivity contribution in [1.29, 1.82) is 0 Å². The number of anilines is 1. The molecule has 3 heterocycles. The molecule has 2 aliphatic rings. The quantitative estimate of drug-likeness (QED) is 0.882. The summed E-state index contributed by atoms with van der Waals surface area (Å²) in [6.07, 6.45) is 5.74. The zero-order valence-corrected chi connectivity index (χ0v) is 11.4. The van der Waals surface area contributed by atoms with Crippen molar-refractivity contribution in [2.24, 2.45) is 0 Å². The van der Waals surface area contributed by atoms with Gasteiger partial charge in [0, 0.05) is 19.2 Å². The van der Waals surface area contributed by atoms with Crippen LogP contribution in [0.5, 0.6) is 0 Å². The van der Waals surface area contributed by atoms with Crippen LogP contribution < -0.4 is 10.9 Å². The SMILES string of the molecule is O=c1cc2c(nn1CCCN1CCCC1)CCCN2. The van der Waals surface area contributed by atoms with Crippen LogP contribution in [0.4, 0.5) is 5.69 Å². The van der Waals surface area contributed by atoms with Crippen molar-refractivity contribution in [2.45, 2.75) is 38.6 Å². The summed E-state index contributed by atoms with van der Waals surface area (Å²) in [6, 6.07) is 1.71. The van der Waals surface area contributed by atoms with Crippen molar-refractivity contribution in [1.82, 2.24) is 14.7 Å². The van der Waals surface area contributed by atoms with E-state index in [1.165, 1.54) is 25.9 Å². The summed E-state index contributed by atoms with van der Waals surface area (Å²) in [5, 5.41) is 7.75. The van der Waals surface area contributed by atoms with Crippen LogP contribution in [-0.4, -0.2) is 40.9 Å². The monoisotopic (exact) mass is 262 g/mol. The Morgan fingerprint density at radius 1 is 1.21 bits per heavy atom. The number of rotatable bonds is 4. The second kappa shape index (κ2) is 5.74. The normalized spacial score (nSPS) is 19.2. The lowest BCUT2D eigenvalue weighted by molar-refractivity contribution is 0.320. The van der Waals surface area contributed by atoms with Crippen molar-refractivity contribution in [3.63, 3.8) is 0 Å². The molecule has 0 bridgehead atoms. The molecule has 0 saturated carbocycles. The third kappa shape index (κ3) is 2.97. The van der Waals surface area contributed by atoms with Gasteiger partial charge in [-0.3, -0.25) is 4.79 Å². The molecular weight excluding hydrogens is 240 g/mol. The molecular formula is C14H22N4O. The molecule has 5 nitrogen and oxygen atoms in total. The van der Waals surface area contributed by atoms with Gasteiger partial charge in [0.05, 0.1) is 11.4 Å². The van der Waals surface area contributed by atoms with Gasteiger partial charge in [0.15, 0.2) is 0 Å². The fourth-order valence-corrected chi connectivity index (χ4v) is 2.96. The first-order valence-electron chi connectivity index (χ1n) is 7.40. The van der Waals surface area contributed by atoms with Crippen LogP contribution in [-0.2, 0) is 13.0 Å². The van der Waals surface area contributed by atoms with Crippen molar-refractivity contribution >= 4 is 5.69 Å². The summed E-state index contributed by atoms with van der Waals surface area (Å²) in [5.74, 6) is 0. The fraction of sp³-hybridized carbons (Fsp3) is 0.714. The van der Waals surface area contributed by atoms with E-state index in [0.717, 1.165) is 50.3 Å². The van der Waals surface area contributed by atoms with Gasteiger partial charge in [0.25, 0.3) is 5.56 Å². The van der Waals surface area contributed by atoms with Crippen LogP contribution in [0.2, 0.25) is 0 Å². The van der Waals surface area contributed by atoms with Gasteiger partial charge < -0.3 is 10.2 Å². The third-order valence-electron chi connectivity index (χ3n) is 4.02. The molecule has 19 heavy (non-hydrogen) atoms. The van der Waals surface area contributed by atoms with E-state index < -0.39 is 0 Å². The summed E-state index contributed by atoms with van der Waals surface area (Å²) in [5.41, 5.74) is 2.01. The molecule has 0 aliphatic carbocycles. The van der Waals surface area contributed by atoms with E-state index in [0.29, 0.717) is 0 Å². The molecule has 2 aliphatic heterocycles. The standard InChI is InChI=1S/C14H22N4O/c19-14-11-13-12(5-3-6-15-13)16-18(14)10-4-9-17-7-1-2-8-17/h11,15H,1-10H2. The average molecular weight is 262 g/mol. The van der Waals surface area contributed by atoms with Crippen molar-refractivity contribution < 1.29 is 0 Å². The van der Waals surface area contributed by atoms with Crippen LogP contribution >= 0.6 is 0 Å². The van der Waals surface area contributed by atoms with Crippen LogP contribution in [0.1, 0.15) is 31.4 Å². The van der Waals surface area contributed by atoms with E-state index in [1.54, 1.807) is 10.7 Å². The molecule has 5 heteroatoms. The number of aromatic nitrogens is 2. The second-order valence-electron chi connectivity index (χ2n) is 5.50. The molecule has 1 N–H and O–H groups in total. The Morgan fingerprint density at radius 2 is 2.05 bits per heavy atom. The fourth-order valence-electron chi connectivity index (χ4n) is 2.96. The third-order valence-corrected chi connectivity index (χ3v) is 4.02. The maximum atomic E-state index is 12.0. The molecule has 0 atom stereocenters. The van der Waals surface area contributed by atoms with E-state index in [2.05, 4.69) is 15.3 Å². The minimum Gasteiger partial charge on any atom is -0.383 e. The molecule has 0 amide bonds. The topological polar surface area (TPSA) is 50.2 Å². The number of fused-ring (bicyclic) bond motifs is 1. The lowest BCUT2D eigenvalue weighted by atomic mass is 10.1. The number of hydrogen-bond donors (Lipinski definition) is 1. The summed E-state index contributed by atoms with van der Waals surface area (Å²) < 4.78 is 1.64. The smallest absolute Gasteiger partial charge is 0.268 e. The summed E-state index contributed by atoms with van der Waals surface area (Å²) in [6.45, 7) is 5.21. The van der Waals surface area contributed by atoms with Gasteiger partial charge >= 0.3 is 0 Å². The second-order valence-corrected chi connectivity index (χ2v) is 5.50. The maximum absolute atomic E-state index is 12.0. The maximum Gasteiger partial charge on any atom is 0.268 e. The Kier molecular flexibility index (Phi) is 3.82. The Morgan fingerprint density at radius 3 is 2.89 bits per heavy atom. The Bertz CT molecular complexity index is 491. The van der Waals surface area contributed by atoms with Gasteiger partial charge in [0.2, 0.25) is 0 Å². The molecule has 104 valence electrons. The van der Waals surface area contributed by atoms with Gasteiger partial charge in [-0.05, 0) is 51.7 Å². The predicted molar refractivity (Wildman–Crippen MR) is 75.6 cm³/mol. The number of aryl methyl sites for hydroxylation is 2. The highest BCUT2D eigenvalue weighted by Crippen LogP contribution is 2.16. The Balaban J connectivity index is 1.62. The number of nitrogens with one attached hydrogen (secondary N) is 1. The summed E-state index contributed by atoms with van der Waals surface area (Å²) >= 11 is 0. The Hall–Kier alpha value is -1.36. The molecule has 0 unspecified atom stereocenters. The van der Waals surface area contributed by atoms with Crippen molar-refractivity contribution in [3.8, 4) is 0 Å². The van der Waals surface area contributed by atoms with Gasteiger partial charge in [-0.2, -0.15) is 5.10 Å². The largest absolute Gasteiger partial charge is 0.383 e. The highest BCUT2D eigenvalue weighted by atomic mass is 16.1. The van der Waals surface area contributed by atoms with Crippen LogP contribution in [0.25, 0.3) is 0 Å². The minimum atomic E-state index is 0.0228.